The number of hydrogen-bond donors (Lipinski definition) is 4. The van der Waals surface area contributed by atoms with Gasteiger partial charge >= 0.3 is 12.2 Å². The minimum absolute atomic E-state index is 0.129. The van der Waals surface area contributed by atoms with Gasteiger partial charge in [0.05, 0.1) is 49.2 Å². The van der Waals surface area contributed by atoms with Crippen LogP contribution in [-0.4, -0.2) is 93.1 Å². The van der Waals surface area contributed by atoms with Gasteiger partial charge in [-0.2, -0.15) is 0 Å². The SMILES string of the molecule is COC(=O)N[C@H](C(=O)N1CCC[C@H]1c1ncc(-c2ccc(-c3ccc4c(ccc5nc([C@@H]6CCCN6C(=O)[C@@H](NC(=O)OC)C(C)C)[nH]c54)c3)c(C#Cc3ccccc3)c2)[nH]1)C(C)C. The Labute approximate surface area is 372 Å². The summed E-state index contributed by atoms with van der Waals surface area (Å²) in [5.74, 6) is 7.65. The van der Waals surface area contributed by atoms with Crippen molar-refractivity contribution in [2.45, 2.75) is 77.5 Å². The van der Waals surface area contributed by atoms with Crippen LogP contribution in [0.5, 0.6) is 0 Å². The van der Waals surface area contributed by atoms with Gasteiger partial charge in [-0.15, -0.1) is 0 Å². The standard InChI is InChI=1S/C50H54N8O6/c1-29(2)42(55-49(61)63-5)47(59)57-24-10-14-40(57)45-51-28-39(53-45)35-19-21-36(32(27-35)17-16-31-12-8-7-9-13-31)33-18-22-37-34(26-33)20-23-38-44(37)54-46(52-38)41-15-11-25-58(41)48(60)43(30(3)4)56-50(62)64-6/h7-9,12-13,18-23,26-30,40-43H,10-11,14-15,24-25H2,1-6H3,(H,51,53)(H,52,54)(H,55,61)(H,56,62)/t40-,41-,42-,43-/m0/s1. The quantitative estimate of drug-likeness (QED) is 0.0997. The predicted octanol–water partition coefficient (Wildman–Crippen LogP) is 8.26. The molecule has 14 heteroatoms. The zero-order valence-corrected chi connectivity index (χ0v) is 37.0. The number of amides is 4. The smallest absolute Gasteiger partial charge is 0.407 e. The zero-order chi connectivity index (χ0) is 45.1. The minimum atomic E-state index is -0.721. The van der Waals surface area contributed by atoms with E-state index in [2.05, 4.69) is 74.9 Å². The first kappa shape index (κ1) is 43.5. The van der Waals surface area contributed by atoms with Gasteiger partial charge in [0.1, 0.15) is 23.7 Å². The Morgan fingerprint density at radius 1 is 0.719 bits per heavy atom. The fraction of sp³-hybridized carbons (Fsp3) is 0.360. The van der Waals surface area contributed by atoms with Gasteiger partial charge in [-0.1, -0.05) is 88.1 Å². The molecular weight excluding hydrogens is 809 g/mol. The highest BCUT2D eigenvalue weighted by atomic mass is 16.5. The highest BCUT2D eigenvalue weighted by molar-refractivity contribution is 6.05. The van der Waals surface area contributed by atoms with Crippen molar-refractivity contribution in [2.75, 3.05) is 27.3 Å². The molecule has 2 aliphatic rings. The number of methoxy groups -OCH3 is 2. The number of nitrogens with one attached hydrogen (secondary N) is 4. The molecule has 4 amide bonds. The van der Waals surface area contributed by atoms with Gasteiger partial charge in [-0.3, -0.25) is 9.59 Å². The molecule has 0 radical (unpaired) electrons. The lowest BCUT2D eigenvalue weighted by Crippen LogP contribution is -2.51. The van der Waals surface area contributed by atoms with Crippen molar-refractivity contribution in [2.24, 2.45) is 11.8 Å². The second kappa shape index (κ2) is 18.7. The predicted molar refractivity (Wildman–Crippen MR) is 245 cm³/mol. The van der Waals surface area contributed by atoms with Gasteiger partial charge in [0, 0.05) is 35.2 Å². The summed E-state index contributed by atoms with van der Waals surface area (Å²) < 4.78 is 9.61. The van der Waals surface area contributed by atoms with Crippen LogP contribution >= 0.6 is 0 Å². The van der Waals surface area contributed by atoms with Crippen molar-refractivity contribution >= 4 is 45.8 Å². The molecule has 6 aromatic rings. The Balaban J connectivity index is 1.09. The highest BCUT2D eigenvalue weighted by Crippen LogP contribution is 2.37. The number of aromatic nitrogens is 4. The topological polar surface area (TPSA) is 175 Å². The Morgan fingerprint density at radius 3 is 1.97 bits per heavy atom. The Kier molecular flexibility index (Phi) is 12.7. The molecule has 2 aliphatic heterocycles. The first-order valence-corrected chi connectivity index (χ1v) is 21.9. The number of benzene rings is 4. The van der Waals surface area contributed by atoms with Gasteiger partial charge in [-0.25, -0.2) is 19.6 Å². The van der Waals surface area contributed by atoms with Crippen LogP contribution in [0, 0.1) is 23.7 Å². The molecule has 4 heterocycles. The number of fused-ring (bicyclic) bond motifs is 3. The third-order valence-electron chi connectivity index (χ3n) is 12.3. The minimum Gasteiger partial charge on any atom is -0.453 e. The molecule has 330 valence electrons. The first-order valence-electron chi connectivity index (χ1n) is 21.9. The van der Waals surface area contributed by atoms with E-state index >= 15 is 0 Å². The number of aromatic amines is 2. The summed E-state index contributed by atoms with van der Waals surface area (Å²) in [6, 6.07) is 24.6. The molecule has 2 saturated heterocycles. The van der Waals surface area contributed by atoms with E-state index < -0.39 is 24.3 Å². The number of likely N-dealkylation sites (tertiary alicyclic amines) is 2. The molecule has 0 aliphatic carbocycles. The normalized spacial score (nSPS) is 17.1. The first-order chi connectivity index (χ1) is 30.9. The largest absolute Gasteiger partial charge is 0.453 e. The van der Waals surface area contributed by atoms with E-state index in [1.165, 1.54) is 14.2 Å². The lowest BCUT2D eigenvalue weighted by molar-refractivity contribution is -0.136. The lowest BCUT2D eigenvalue weighted by Gasteiger charge is -2.30. The Bertz CT molecular complexity index is 2770. The second-order valence-electron chi connectivity index (χ2n) is 17.2. The van der Waals surface area contributed by atoms with Crippen LogP contribution in [0.1, 0.15) is 88.2 Å². The van der Waals surface area contributed by atoms with Gasteiger partial charge in [0.15, 0.2) is 0 Å². The Hall–Kier alpha value is -7.14. The number of imidazole rings is 2. The summed E-state index contributed by atoms with van der Waals surface area (Å²) in [5, 5.41) is 7.46. The van der Waals surface area contributed by atoms with Gasteiger partial charge in [0.25, 0.3) is 0 Å². The van der Waals surface area contributed by atoms with E-state index in [9.17, 15) is 19.2 Å². The lowest BCUT2D eigenvalue weighted by atomic mass is 9.94. The van der Waals surface area contributed by atoms with Crippen LogP contribution in [0.3, 0.4) is 0 Å². The van der Waals surface area contributed by atoms with Crippen LogP contribution in [0.2, 0.25) is 0 Å². The van der Waals surface area contributed by atoms with Crippen molar-refractivity contribution in [1.82, 2.24) is 40.4 Å². The number of ether oxygens (including phenoxy) is 2. The average Bonchev–Trinajstić information content (AvgIpc) is 4.15. The van der Waals surface area contributed by atoms with Crippen molar-refractivity contribution in [3.05, 3.63) is 108 Å². The van der Waals surface area contributed by atoms with Crippen molar-refractivity contribution in [1.29, 1.82) is 0 Å². The van der Waals surface area contributed by atoms with E-state index in [1.54, 1.807) is 11.1 Å². The fourth-order valence-electron chi connectivity index (χ4n) is 8.92. The van der Waals surface area contributed by atoms with Crippen molar-refractivity contribution < 1.29 is 28.7 Å². The van der Waals surface area contributed by atoms with Crippen LogP contribution in [0.4, 0.5) is 9.59 Å². The van der Waals surface area contributed by atoms with Gasteiger partial charge in [0.2, 0.25) is 11.8 Å². The summed E-state index contributed by atoms with van der Waals surface area (Å²) in [4.78, 5) is 72.3. The molecular formula is C50H54N8O6. The number of rotatable bonds is 10. The summed E-state index contributed by atoms with van der Waals surface area (Å²) in [6.07, 6.45) is 3.68. The van der Waals surface area contributed by atoms with Crippen LogP contribution in [0.15, 0.2) is 85.1 Å². The number of hydrogen-bond acceptors (Lipinski definition) is 8. The maximum atomic E-state index is 13.8. The van der Waals surface area contributed by atoms with Crippen LogP contribution in [-0.2, 0) is 19.1 Å². The van der Waals surface area contributed by atoms with Gasteiger partial charge < -0.3 is 39.9 Å². The average molecular weight is 863 g/mol. The van der Waals surface area contributed by atoms with Crippen LogP contribution < -0.4 is 10.6 Å². The fourth-order valence-corrected chi connectivity index (χ4v) is 8.92. The van der Waals surface area contributed by atoms with E-state index in [0.717, 1.165) is 86.8 Å². The molecule has 4 aromatic carbocycles. The van der Waals surface area contributed by atoms with Crippen LogP contribution in [0.25, 0.3) is 44.2 Å². The second-order valence-corrected chi connectivity index (χ2v) is 17.2. The van der Waals surface area contributed by atoms with E-state index in [1.807, 2.05) is 69.0 Å². The maximum Gasteiger partial charge on any atom is 0.407 e. The number of carbonyl (C=O) groups is 4. The molecule has 8 rings (SSSR count). The van der Waals surface area contributed by atoms with Crippen molar-refractivity contribution in [3.63, 3.8) is 0 Å². The van der Waals surface area contributed by atoms with E-state index in [4.69, 9.17) is 19.4 Å². The third kappa shape index (κ3) is 8.88. The van der Waals surface area contributed by atoms with Crippen molar-refractivity contribution in [3.8, 4) is 34.2 Å². The molecule has 0 unspecified atom stereocenters. The molecule has 2 fully saturated rings. The molecule has 0 saturated carbocycles. The molecule has 4 N–H and O–H groups in total. The third-order valence-corrected chi connectivity index (χ3v) is 12.3. The monoisotopic (exact) mass is 862 g/mol. The summed E-state index contributed by atoms with van der Waals surface area (Å²) in [5.41, 5.74) is 7.08. The number of carbonyl (C=O) groups excluding carboxylic acids is 4. The molecule has 64 heavy (non-hydrogen) atoms. The van der Waals surface area contributed by atoms with E-state index in [0.29, 0.717) is 18.9 Å². The molecule has 2 aromatic heterocycles. The molecule has 0 spiro atoms. The maximum absolute atomic E-state index is 13.8. The summed E-state index contributed by atoms with van der Waals surface area (Å²) >= 11 is 0. The number of H-pyrrole nitrogens is 2. The molecule has 0 bridgehead atoms. The van der Waals surface area contributed by atoms with Gasteiger partial charge in [-0.05, 0) is 84.4 Å². The molecule has 14 nitrogen and oxygen atoms in total. The number of alkyl carbamates (subject to hydrolysis) is 2. The Morgan fingerprint density at radius 2 is 1.34 bits per heavy atom. The van der Waals surface area contributed by atoms with E-state index in [-0.39, 0.29) is 35.7 Å². The summed E-state index contributed by atoms with van der Waals surface area (Å²) in [7, 11) is 2.58. The highest BCUT2D eigenvalue weighted by Gasteiger charge is 2.39. The summed E-state index contributed by atoms with van der Waals surface area (Å²) in [6.45, 7) is 8.75. The molecule has 4 atom stereocenters. The number of nitrogens with zero attached hydrogens (tertiary/aromatic N) is 4. The zero-order valence-electron chi connectivity index (χ0n) is 37.0.